The fourth-order valence-corrected chi connectivity index (χ4v) is 1.20. The van der Waals surface area contributed by atoms with Crippen molar-refractivity contribution in [3.05, 3.63) is 45.6 Å². The van der Waals surface area contributed by atoms with E-state index in [-0.39, 0.29) is 11.3 Å². The lowest BCUT2D eigenvalue weighted by Crippen LogP contribution is -2.00. The normalized spacial score (nSPS) is 10.1. The van der Waals surface area contributed by atoms with Crippen LogP contribution in [0.3, 0.4) is 0 Å². The summed E-state index contributed by atoms with van der Waals surface area (Å²) in [6.45, 7) is 0. The van der Waals surface area contributed by atoms with Crippen molar-refractivity contribution < 1.29 is 4.92 Å². The Balaban J connectivity index is 3.26. The molecule has 0 heterocycles. The minimum absolute atomic E-state index is 0.0885. The monoisotopic (exact) mass is 217 g/mol. The van der Waals surface area contributed by atoms with Gasteiger partial charge in [-0.15, -0.1) is 0 Å². The highest BCUT2D eigenvalue weighted by Gasteiger charge is 2.15. The standard InChI is InChI=1S/C11H11N3O2/c1-13(2)7-6-9-4-3-5-11(14(15)16)10(9)8-12/h3-7H,1-2H3. The minimum atomic E-state index is -0.550. The first kappa shape index (κ1) is 11.7. The molecule has 0 fully saturated rings. The molecule has 0 unspecified atom stereocenters. The molecule has 0 radical (unpaired) electrons. The van der Waals surface area contributed by atoms with Crippen LogP contribution >= 0.6 is 0 Å². The quantitative estimate of drug-likeness (QED) is 0.573. The molecule has 0 aliphatic heterocycles. The molecule has 1 aromatic carbocycles. The van der Waals surface area contributed by atoms with Gasteiger partial charge in [-0.3, -0.25) is 10.1 Å². The largest absolute Gasteiger partial charge is 0.383 e. The molecule has 5 nitrogen and oxygen atoms in total. The van der Waals surface area contributed by atoms with E-state index in [0.29, 0.717) is 5.56 Å². The molecular weight excluding hydrogens is 206 g/mol. The topological polar surface area (TPSA) is 70.2 Å². The van der Waals surface area contributed by atoms with Crippen molar-refractivity contribution in [1.82, 2.24) is 4.90 Å². The summed E-state index contributed by atoms with van der Waals surface area (Å²) in [5.41, 5.74) is 0.472. The number of nitriles is 1. The van der Waals surface area contributed by atoms with E-state index < -0.39 is 4.92 Å². The number of hydrogen-bond acceptors (Lipinski definition) is 4. The SMILES string of the molecule is CN(C)C=Cc1cccc([N+](=O)[O-])c1C#N. The van der Waals surface area contributed by atoms with E-state index in [0.717, 1.165) is 0 Å². The molecule has 0 saturated heterocycles. The summed E-state index contributed by atoms with van der Waals surface area (Å²) in [6.07, 6.45) is 3.41. The number of rotatable bonds is 3. The second-order valence-electron chi connectivity index (χ2n) is 3.39. The Morgan fingerprint density at radius 3 is 2.69 bits per heavy atom. The van der Waals surface area contributed by atoms with Crippen molar-refractivity contribution in [1.29, 1.82) is 5.26 Å². The first-order valence-corrected chi connectivity index (χ1v) is 4.58. The Hall–Kier alpha value is -2.35. The second kappa shape index (κ2) is 4.94. The number of nitro benzene ring substituents is 1. The number of benzene rings is 1. The Labute approximate surface area is 93.4 Å². The van der Waals surface area contributed by atoms with Crippen molar-refractivity contribution >= 4 is 11.8 Å². The van der Waals surface area contributed by atoms with Gasteiger partial charge in [-0.05, 0) is 12.3 Å². The Morgan fingerprint density at radius 2 is 2.19 bits per heavy atom. The summed E-state index contributed by atoms with van der Waals surface area (Å²) in [7, 11) is 3.67. The third-order valence-corrected chi connectivity index (χ3v) is 1.94. The van der Waals surface area contributed by atoms with E-state index in [2.05, 4.69) is 0 Å². The first-order valence-electron chi connectivity index (χ1n) is 4.58. The lowest BCUT2D eigenvalue weighted by Gasteiger charge is -2.04. The molecule has 0 bridgehead atoms. The summed E-state index contributed by atoms with van der Waals surface area (Å²) in [4.78, 5) is 11.9. The van der Waals surface area contributed by atoms with Gasteiger partial charge in [-0.25, -0.2) is 0 Å². The Morgan fingerprint density at radius 1 is 1.50 bits per heavy atom. The van der Waals surface area contributed by atoms with Gasteiger partial charge < -0.3 is 4.90 Å². The van der Waals surface area contributed by atoms with Crippen molar-refractivity contribution in [3.63, 3.8) is 0 Å². The van der Waals surface area contributed by atoms with E-state index in [1.165, 1.54) is 6.07 Å². The van der Waals surface area contributed by atoms with Crippen LogP contribution in [0.25, 0.3) is 6.08 Å². The molecule has 0 aromatic heterocycles. The van der Waals surface area contributed by atoms with Gasteiger partial charge >= 0.3 is 0 Å². The molecule has 0 amide bonds. The molecule has 1 aromatic rings. The van der Waals surface area contributed by atoms with Crippen LogP contribution in [0, 0.1) is 21.4 Å². The summed E-state index contributed by atoms with van der Waals surface area (Å²) in [5.74, 6) is 0. The molecule has 5 heteroatoms. The van der Waals surface area contributed by atoms with Gasteiger partial charge in [-0.1, -0.05) is 12.1 Å². The number of nitrogens with zero attached hydrogens (tertiary/aromatic N) is 3. The van der Waals surface area contributed by atoms with Gasteiger partial charge in [0.2, 0.25) is 0 Å². The average molecular weight is 217 g/mol. The summed E-state index contributed by atoms with van der Waals surface area (Å²) in [6, 6.07) is 6.42. The maximum absolute atomic E-state index is 10.7. The molecule has 0 aliphatic rings. The maximum Gasteiger partial charge on any atom is 0.287 e. The van der Waals surface area contributed by atoms with Crippen molar-refractivity contribution in [3.8, 4) is 6.07 Å². The maximum atomic E-state index is 10.7. The lowest BCUT2D eigenvalue weighted by atomic mass is 10.1. The van der Waals surface area contributed by atoms with Crippen molar-refractivity contribution in [2.75, 3.05) is 14.1 Å². The zero-order valence-electron chi connectivity index (χ0n) is 9.04. The highest BCUT2D eigenvalue weighted by Crippen LogP contribution is 2.22. The zero-order valence-corrected chi connectivity index (χ0v) is 9.04. The van der Waals surface area contributed by atoms with E-state index in [9.17, 15) is 10.1 Å². The lowest BCUT2D eigenvalue weighted by molar-refractivity contribution is -0.385. The first-order chi connectivity index (χ1) is 7.56. The van der Waals surface area contributed by atoms with E-state index in [1.807, 2.05) is 20.2 Å². The summed E-state index contributed by atoms with van der Waals surface area (Å²) in [5, 5.41) is 19.6. The highest BCUT2D eigenvalue weighted by atomic mass is 16.6. The molecule has 82 valence electrons. The van der Waals surface area contributed by atoms with Crippen LogP contribution in [0.4, 0.5) is 5.69 Å². The van der Waals surface area contributed by atoms with Gasteiger partial charge in [0, 0.05) is 25.7 Å². The highest BCUT2D eigenvalue weighted by molar-refractivity contribution is 5.64. The molecule has 0 N–H and O–H groups in total. The average Bonchev–Trinajstić information content (AvgIpc) is 2.25. The summed E-state index contributed by atoms with van der Waals surface area (Å²) >= 11 is 0. The molecule has 1 rings (SSSR count). The van der Waals surface area contributed by atoms with Crippen molar-refractivity contribution in [2.45, 2.75) is 0 Å². The van der Waals surface area contributed by atoms with Crippen LogP contribution in [-0.4, -0.2) is 23.9 Å². The molecule has 0 atom stereocenters. The zero-order chi connectivity index (χ0) is 12.1. The third kappa shape index (κ3) is 2.58. The number of hydrogen-bond donors (Lipinski definition) is 0. The van der Waals surface area contributed by atoms with Gasteiger partial charge in [0.15, 0.2) is 0 Å². The van der Waals surface area contributed by atoms with Gasteiger partial charge in [0.1, 0.15) is 11.6 Å². The van der Waals surface area contributed by atoms with Gasteiger partial charge in [0.25, 0.3) is 5.69 Å². The molecule has 16 heavy (non-hydrogen) atoms. The second-order valence-corrected chi connectivity index (χ2v) is 3.39. The Bertz CT molecular complexity index is 473. The third-order valence-electron chi connectivity index (χ3n) is 1.94. The smallest absolute Gasteiger partial charge is 0.287 e. The van der Waals surface area contributed by atoms with E-state index in [1.54, 1.807) is 29.3 Å². The van der Waals surface area contributed by atoms with Crippen LogP contribution in [0.15, 0.2) is 24.4 Å². The van der Waals surface area contributed by atoms with Crippen LogP contribution in [0.5, 0.6) is 0 Å². The Kier molecular flexibility index (Phi) is 3.62. The van der Waals surface area contributed by atoms with Crippen LogP contribution in [0.1, 0.15) is 11.1 Å². The van der Waals surface area contributed by atoms with Gasteiger partial charge in [0.05, 0.1) is 4.92 Å². The van der Waals surface area contributed by atoms with Gasteiger partial charge in [-0.2, -0.15) is 5.26 Å². The van der Waals surface area contributed by atoms with E-state index in [4.69, 9.17) is 5.26 Å². The summed E-state index contributed by atoms with van der Waals surface area (Å²) < 4.78 is 0. The molecule has 0 spiro atoms. The van der Waals surface area contributed by atoms with Crippen LogP contribution in [0.2, 0.25) is 0 Å². The minimum Gasteiger partial charge on any atom is -0.383 e. The number of nitro groups is 1. The predicted molar refractivity (Wildman–Crippen MR) is 60.5 cm³/mol. The molecule has 0 aliphatic carbocycles. The molecule has 0 saturated carbocycles. The van der Waals surface area contributed by atoms with Crippen molar-refractivity contribution in [2.24, 2.45) is 0 Å². The van der Waals surface area contributed by atoms with Crippen LogP contribution < -0.4 is 0 Å². The molecular formula is C11H11N3O2. The fraction of sp³-hybridized carbons (Fsp3) is 0.182. The predicted octanol–water partition coefficient (Wildman–Crippen LogP) is 2.00. The van der Waals surface area contributed by atoms with E-state index >= 15 is 0 Å². The van der Waals surface area contributed by atoms with Crippen LogP contribution in [-0.2, 0) is 0 Å². The fourth-order valence-electron chi connectivity index (χ4n) is 1.20.